The standard InChI is InChI=1S/C15H16BrNO4/c1-2-3-12(15(19)20)17-8-9-6-14(18)21-13-7-10(16)4-5-11(9)13/h4-7,12,17H,2-3,8H2,1H3,(H,19,20). The molecule has 21 heavy (non-hydrogen) atoms. The van der Waals surface area contributed by atoms with Gasteiger partial charge in [-0.3, -0.25) is 4.79 Å². The van der Waals surface area contributed by atoms with Crippen molar-refractivity contribution < 1.29 is 14.3 Å². The molecule has 0 amide bonds. The lowest BCUT2D eigenvalue weighted by Gasteiger charge is -2.14. The van der Waals surface area contributed by atoms with Gasteiger partial charge in [-0.15, -0.1) is 0 Å². The lowest BCUT2D eigenvalue weighted by atomic mass is 10.1. The third kappa shape index (κ3) is 3.92. The maximum Gasteiger partial charge on any atom is 0.336 e. The Morgan fingerprint density at radius 1 is 1.43 bits per heavy atom. The van der Waals surface area contributed by atoms with Crippen LogP contribution >= 0.6 is 15.9 Å². The quantitative estimate of drug-likeness (QED) is 0.780. The van der Waals surface area contributed by atoms with Crippen molar-refractivity contribution in [3.63, 3.8) is 0 Å². The number of benzene rings is 1. The molecule has 2 rings (SSSR count). The predicted octanol–water partition coefficient (Wildman–Crippen LogP) is 2.90. The van der Waals surface area contributed by atoms with Gasteiger partial charge in [0.05, 0.1) is 0 Å². The van der Waals surface area contributed by atoms with Crippen molar-refractivity contribution in [2.75, 3.05) is 0 Å². The molecule has 0 spiro atoms. The number of fused-ring (bicyclic) bond motifs is 1. The zero-order chi connectivity index (χ0) is 15.4. The summed E-state index contributed by atoms with van der Waals surface area (Å²) in [5, 5.41) is 12.9. The maximum absolute atomic E-state index is 11.6. The second-order valence-electron chi connectivity index (χ2n) is 4.79. The van der Waals surface area contributed by atoms with Crippen LogP contribution in [0.15, 0.2) is 37.9 Å². The van der Waals surface area contributed by atoms with Crippen molar-refractivity contribution in [1.82, 2.24) is 5.32 Å². The minimum Gasteiger partial charge on any atom is -0.480 e. The van der Waals surface area contributed by atoms with Gasteiger partial charge < -0.3 is 14.8 Å². The fourth-order valence-electron chi connectivity index (χ4n) is 2.18. The molecule has 0 aliphatic heterocycles. The number of halogens is 1. The van der Waals surface area contributed by atoms with Gasteiger partial charge in [0.15, 0.2) is 0 Å². The molecule has 0 fully saturated rings. The van der Waals surface area contributed by atoms with Gasteiger partial charge in [0.1, 0.15) is 11.6 Å². The lowest BCUT2D eigenvalue weighted by molar-refractivity contribution is -0.139. The van der Waals surface area contributed by atoms with E-state index in [1.807, 2.05) is 19.1 Å². The molecule has 0 saturated heterocycles. The summed E-state index contributed by atoms with van der Waals surface area (Å²) >= 11 is 3.33. The van der Waals surface area contributed by atoms with E-state index in [-0.39, 0.29) is 0 Å². The van der Waals surface area contributed by atoms with Crippen LogP contribution in [-0.4, -0.2) is 17.1 Å². The number of aliphatic carboxylic acids is 1. The van der Waals surface area contributed by atoms with Crippen molar-refractivity contribution in [1.29, 1.82) is 0 Å². The average Bonchev–Trinajstić information content (AvgIpc) is 2.42. The van der Waals surface area contributed by atoms with E-state index >= 15 is 0 Å². The number of hydrogen-bond acceptors (Lipinski definition) is 4. The third-order valence-electron chi connectivity index (χ3n) is 3.21. The lowest BCUT2D eigenvalue weighted by Crippen LogP contribution is -2.36. The Balaban J connectivity index is 2.29. The molecule has 2 aromatic rings. The summed E-state index contributed by atoms with van der Waals surface area (Å²) in [7, 11) is 0. The molecule has 0 saturated carbocycles. The smallest absolute Gasteiger partial charge is 0.336 e. The number of carboxylic acid groups (broad SMARTS) is 1. The topological polar surface area (TPSA) is 79.5 Å². The van der Waals surface area contributed by atoms with Crippen LogP contribution < -0.4 is 10.9 Å². The number of nitrogens with one attached hydrogen (secondary N) is 1. The van der Waals surface area contributed by atoms with Crippen LogP contribution in [0.3, 0.4) is 0 Å². The number of carbonyl (C=O) groups is 1. The number of rotatable bonds is 6. The fourth-order valence-corrected chi connectivity index (χ4v) is 2.52. The summed E-state index contributed by atoms with van der Waals surface area (Å²) in [6, 6.07) is 6.20. The van der Waals surface area contributed by atoms with Crippen LogP contribution in [0.1, 0.15) is 25.3 Å². The Morgan fingerprint density at radius 2 is 2.19 bits per heavy atom. The highest BCUT2D eigenvalue weighted by Gasteiger charge is 2.16. The van der Waals surface area contributed by atoms with Gasteiger partial charge in [-0.2, -0.15) is 0 Å². The molecule has 1 aromatic carbocycles. The van der Waals surface area contributed by atoms with Crippen LogP contribution in [0.5, 0.6) is 0 Å². The van der Waals surface area contributed by atoms with Crippen molar-refractivity contribution >= 4 is 32.9 Å². The summed E-state index contributed by atoms with van der Waals surface area (Å²) in [5.41, 5.74) is 0.770. The fraction of sp³-hybridized carbons (Fsp3) is 0.333. The number of carboxylic acids is 1. The highest BCUT2D eigenvalue weighted by Crippen LogP contribution is 2.21. The van der Waals surface area contributed by atoms with E-state index in [9.17, 15) is 9.59 Å². The first-order chi connectivity index (χ1) is 10.0. The van der Waals surface area contributed by atoms with Gasteiger partial charge in [-0.25, -0.2) is 4.79 Å². The minimum atomic E-state index is -0.883. The van der Waals surface area contributed by atoms with Crippen molar-refractivity contribution in [3.8, 4) is 0 Å². The van der Waals surface area contributed by atoms with Gasteiger partial charge in [-0.05, 0) is 30.2 Å². The van der Waals surface area contributed by atoms with Crippen molar-refractivity contribution in [3.05, 3.63) is 44.7 Å². The Kier molecular flexibility index (Phi) is 5.14. The monoisotopic (exact) mass is 353 g/mol. The molecule has 0 aliphatic carbocycles. The molecule has 0 radical (unpaired) electrons. The summed E-state index contributed by atoms with van der Waals surface area (Å²) in [6.07, 6.45) is 1.31. The van der Waals surface area contributed by atoms with E-state index in [2.05, 4.69) is 21.2 Å². The molecule has 6 heteroatoms. The molecule has 1 atom stereocenters. The summed E-state index contributed by atoms with van der Waals surface area (Å²) in [5.74, 6) is -0.883. The normalized spacial score (nSPS) is 12.5. The second-order valence-corrected chi connectivity index (χ2v) is 5.71. The highest BCUT2D eigenvalue weighted by molar-refractivity contribution is 9.10. The van der Waals surface area contributed by atoms with Gasteiger partial charge in [0.25, 0.3) is 0 Å². The zero-order valence-corrected chi connectivity index (χ0v) is 13.1. The van der Waals surface area contributed by atoms with Gasteiger partial charge >= 0.3 is 11.6 Å². The first-order valence-corrected chi connectivity index (χ1v) is 7.49. The summed E-state index contributed by atoms with van der Waals surface area (Å²) < 4.78 is 5.97. The Labute approximate surface area is 130 Å². The summed E-state index contributed by atoms with van der Waals surface area (Å²) in [4.78, 5) is 22.7. The molecule has 5 nitrogen and oxygen atoms in total. The maximum atomic E-state index is 11.6. The van der Waals surface area contributed by atoms with Gasteiger partial charge in [0.2, 0.25) is 0 Å². The third-order valence-corrected chi connectivity index (χ3v) is 3.70. The molecular formula is C15H16BrNO4. The first-order valence-electron chi connectivity index (χ1n) is 6.69. The highest BCUT2D eigenvalue weighted by atomic mass is 79.9. The molecule has 1 aromatic heterocycles. The van der Waals surface area contributed by atoms with E-state index in [0.29, 0.717) is 18.5 Å². The van der Waals surface area contributed by atoms with Gasteiger partial charge in [-0.1, -0.05) is 29.3 Å². The zero-order valence-electron chi connectivity index (χ0n) is 11.6. The van der Waals surface area contributed by atoms with Crippen LogP contribution in [0, 0.1) is 0 Å². The second kappa shape index (κ2) is 6.87. The van der Waals surface area contributed by atoms with Crippen molar-refractivity contribution in [2.45, 2.75) is 32.4 Å². The first kappa shape index (κ1) is 15.7. The SMILES string of the molecule is CCCC(NCc1cc(=O)oc2cc(Br)ccc12)C(=O)O. The van der Waals surface area contributed by atoms with Crippen molar-refractivity contribution in [2.24, 2.45) is 0 Å². The van der Waals surface area contributed by atoms with Crippen LogP contribution in [-0.2, 0) is 11.3 Å². The average molecular weight is 354 g/mol. The van der Waals surface area contributed by atoms with E-state index in [1.54, 1.807) is 6.07 Å². The Bertz CT molecular complexity index is 710. The molecule has 0 bridgehead atoms. The molecule has 1 unspecified atom stereocenters. The van der Waals surface area contributed by atoms with E-state index < -0.39 is 17.6 Å². The molecule has 1 heterocycles. The molecule has 112 valence electrons. The predicted molar refractivity (Wildman–Crippen MR) is 83.4 cm³/mol. The van der Waals surface area contributed by atoms with Crippen LogP contribution in [0.4, 0.5) is 0 Å². The largest absolute Gasteiger partial charge is 0.480 e. The minimum absolute atomic E-state index is 0.306. The van der Waals surface area contributed by atoms with E-state index in [4.69, 9.17) is 9.52 Å². The molecule has 0 aliphatic rings. The van der Waals surface area contributed by atoms with Crippen LogP contribution in [0.25, 0.3) is 11.0 Å². The van der Waals surface area contributed by atoms with Gasteiger partial charge in [0, 0.05) is 22.5 Å². The number of hydrogen-bond donors (Lipinski definition) is 2. The summed E-state index contributed by atoms with van der Waals surface area (Å²) in [6.45, 7) is 2.24. The molecule has 2 N–H and O–H groups in total. The Morgan fingerprint density at radius 3 is 2.86 bits per heavy atom. The Hall–Kier alpha value is -1.66. The van der Waals surface area contributed by atoms with E-state index in [0.717, 1.165) is 21.8 Å². The molecular weight excluding hydrogens is 338 g/mol. The van der Waals surface area contributed by atoms with Crippen LogP contribution in [0.2, 0.25) is 0 Å². The van der Waals surface area contributed by atoms with E-state index in [1.165, 1.54) is 6.07 Å².